The molecule has 1 unspecified atom stereocenters. The van der Waals surface area contributed by atoms with Crippen LogP contribution in [0.25, 0.3) is 22.2 Å². The van der Waals surface area contributed by atoms with E-state index in [1.807, 2.05) is 45.0 Å². The quantitative estimate of drug-likeness (QED) is 0.289. The van der Waals surface area contributed by atoms with Crippen LogP contribution in [0.2, 0.25) is 0 Å². The predicted molar refractivity (Wildman–Crippen MR) is 167 cm³/mol. The Kier molecular flexibility index (Phi) is 9.17. The van der Waals surface area contributed by atoms with Gasteiger partial charge < -0.3 is 25.0 Å². The maximum atomic E-state index is 12.5. The topological polar surface area (TPSA) is 144 Å². The molecule has 0 saturated carbocycles. The zero-order chi connectivity index (χ0) is 31.3. The van der Waals surface area contributed by atoms with E-state index in [-0.39, 0.29) is 30.0 Å². The molecule has 3 aromatic heterocycles. The summed E-state index contributed by atoms with van der Waals surface area (Å²) in [6.45, 7) is 9.30. The van der Waals surface area contributed by atoms with E-state index < -0.39 is 5.60 Å². The minimum Gasteiger partial charge on any atom is -0.458 e. The lowest BCUT2D eigenvalue weighted by Gasteiger charge is -2.33. The van der Waals surface area contributed by atoms with E-state index in [0.717, 1.165) is 34.9 Å². The van der Waals surface area contributed by atoms with Gasteiger partial charge in [-0.05, 0) is 45.2 Å². The van der Waals surface area contributed by atoms with E-state index in [9.17, 15) is 9.59 Å². The van der Waals surface area contributed by atoms with Gasteiger partial charge in [0.2, 0.25) is 0 Å². The summed E-state index contributed by atoms with van der Waals surface area (Å²) in [5, 5.41) is 6.90. The maximum absolute atomic E-state index is 12.5. The number of rotatable bonds is 8. The van der Waals surface area contributed by atoms with Gasteiger partial charge in [-0.2, -0.15) is 0 Å². The summed E-state index contributed by atoms with van der Waals surface area (Å²) in [6, 6.07) is 9.72. The van der Waals surface area contributed by atoms with Crippen molar-refractivity contribution in [1.29, 1.82) is 0 Å². The molecule has 2 N–H and O–H groups in total. The van der Waals surface area contributed by atoms with Crippen LogP contribution in [0.5, 0.6) is 6.01 Å². The van der Waals surface area contributed by atoms with Crippen LogP contribution in [-0.2, 0) is 4.74 Å². The van der Waals surface area contributed by atoms with Crippen molar-refractivity contribution >= 4 is 28.7 Å². The van der Waals surface area contributed by atoms with E-state index >= 15 is 0 Å². The fourth-order valence-electron chi connectivity index (χ4n) is 5.09. The van der Waals surface area contributed by atoms with Crippen molar-refractivity contribution in [2.75, 3.05) is 32.0 Å². The summed E-state index contributed by atoms with van der Waals surface area (Å²) >= 11 is 0. The molecule has 0 aliphatic carbocycles. The molecule has 5 rings (SSSR count). The first kappa shape index (κ1) is 30.6. The Hall–Kier alpha value is -4.87. The highest BCUT2D eigenvalue weighted by Gasteiger charge is 2.29. The number of ether oxygens (including phenoxy) is 2. The molecule has 1 aliphatic heterocycles. The Bertz CT molecular complexity index is 1620. The minimum atomic E-state index is -0.550. The smallest absolute Gasteiger partial charge is 0.410 e. The number of hydrogen-bond donors (Lipinski definition) is 2. The van der Waals surface area contributed by atoms with Gasteiger partial charge in [0.15, 0.2) is 0 Å². The van der Waals surface area contributed by atoms with Gasteiger partial charge in [-0.1, -0.05) is 25.1 Å². The highest BCUT2D eigenvalue weighted by Crippen LogP contribution is 2.27. The molecule has 4 heterocycles. The highest BCUT2D eigenvalue weighted by atomic mass is 16.6. The van der Waals surface area contributed by atoms with Crippen molar-refractivity contribution in [2.45, 2.75) is 58.2 Å². The second kappa shape index (κ2) is 13.2. The summed E-state index contributed by atoms with van der Waals surface area (Å²) in [5.74, 6) is 0.595. The monoisotopic (exact) mass is 598 g/mol. The molecule has 4 aromatic rings. The van der Waals surface area contributed by atoms with Crippen molar-refractivity contribution in [2.24, 2.45) is 0 Å². The number of anilines is 1. The molecule has 1 aromatic carbocycles. The number of amides is 2. The van der Waals surface area contributed by atoms with E-state index in [4.69, 9.17) is 9.47 Å². The van der Waals surface area contributed by atoms with Crippen LogP contribution in [0.1, 0.15) is 62.4 Å². The van der Waals surface area contributed by atoms with Gasteiger partial charge in [0.05, 0.1) is 23.3 Å². The molecule has 0 spiro atoms. The molecule has 1 saturated heterocycles. The van der Waals surface area contributed by atoms with E-state index in [1.165, 1.54) is 6.33 Å². The normalized spacial score (nSPS) is 15.8. The van der Waals surface area contributed by atoms with Crippen LogP contribution < -0.4 is 15.4 Å². The average Bonchev–Trinajstić information content (AvgIpc) is 3.02. The van der Waals surface area contributed by atoms with E-state index in [0.29, 0.717) is 36.7 Å². The van der Waals surface area contributed by atoms with Gasteiger partial charge in [-0.3, -0.25) is 9.78 Å². The number of carbonyl (C=O) groups is 2. The first-order chi connectivity index (χ1) is 21.1. The lowest BCUT2D eigenvalue weighted by atomic mass is 9.96. The lowest BCUT2D eigenvalue weighted by molar-refractivity contribution is 0.00660. The number of piperidine rings is 1. The van der Waals surface area contributed by atoms with Crippen molar-refractivity contribution in [3.05, 3.63) is 66.4 Å². The van der Waals surface area contributed by atoms with Gasteiger partial charge in [0.1, 0.15) is 23.9 Å². The van der Waals surface area contributed by atoms with E-state index in [2.05, 4.69) is 42.5 Å². The van der Waals surface area contributed by atoms with Gasteiger partial charge in [0, 0.05) is 61.7 Å². The molecular weight excluding hydrogens is 560 g/mol. The third-order valence-corrected chi connectivity index (χ3v) is 7.29. The second-order valence-corrected chi connectivity index (χ2v) is 11.8. The van der Waals surface area contributed by atoms with Crippen LogP contribution in [0, 0.1) is 0 Å². The predicted octanol–water partition coefficient (Wildman–Crippen LogP) is 4.84. The van der Waals surface area contributed by atoms with Crippen LogP contribution in [-0.4, -0.2) is 80.2 Å². The Morgan fingerprint density at radius 3 is 2.64 bits per heavy atom. The largest absolute Gasteiger partial charge is 0.458 e. The molecule has 1 fully saturated rings. The number of nitrogens with zero attached hydrogens (tertiary/aromatic N) is 6. The standard InChI is InChI=1S/C32H38N8O4/c1-20(23-9-6-10-24-25(29(41)33-5)11-12-34-28(23)24)15-35-27-14-26(38-19-39-27)21-16-36-30(37-17-21)43-22-8-7-13-40(18-22)31(42)44-32(2,3)4/h6,9-12,14,16-17,19-20,22H,7-8,13,15,18H2,1-5H3,(H,33,41)(H,35,38,39)/t20-,22?/m1/s1. The SMILES string of the molecule is CNC(=O)c1ccnc2c([C@H](C)CNc3cc(-c4cnc(OC5CCCN(C(=O)OC(C)(C)C)C5)nc4)ncn3)cccc12. The van der Waals surface area contributed by atoms with Crippen molar-refractivity contribution in [3.63, 3.8) is 0 Å². The summed E-state index contributed by atoms with van der Waals surface area (Å²) in [4.78, 5) is 48.6. The number of benzene rings is 1. The molecule has 0 radical (unpaired) electrons. The maximum Gasteiger partial charge on any atom is 0.410 e. The van der Waals surface area contributed by atoms with E-state index in [1.54, 1.807) is 36.6 Å². The number of carbonyl (C=O) groups excluding carboxylic acids is 2. The third kappa shape index (κ3) is 7.36. The molecule has 230 valence electrons. The summed E-state index contributed by atoms with van der Waals surface area (Å²) in [5.41, 5.74) is 3.27. The number of nitrogens with one attached hydrogen (secondary N) is 2. The Morgan fingerprint density at radius 1 is 1.09 bits per heavy atom. The summed E-state index contributed by atoms with van der Waals surface area (Å²) in [6.07, 6.45) is 7.54. The van der Waals surface area contributed by atoms with Crippen molar-refractivity contribution in [1.82, 2.24) is 35.1 Å². The Morgan fingerprint density at radius 2 is 1.89 bits per heavy atom. The number of pyridine rings is 1. The van der Waals surface area contributed by atoms with Gasteiger partial charge in [-0.25, -0.2) is 24.7 Å². The van der Waals surface area contributed by atoms with Crippen LogP contribution in [0.3, 0.4) is 0 Å². The Labute approximate surface area is 256 Å². The fraction of sp³-hybridized carbons (Fsp3) is 0.406. The molecule has 44 heavy (non-hydrogen) atoms. The summed E-state index contributed by atoms with van der Waals surface area (Å²) < 4.78 is 11.5. The molecule has 12 heteroatoms. The van der Waals surface area contributed by atoms with Gasteiger partial charge in [0.25, 0.3) is 5.91 Å². The van der Waals surface area contributed by atoms with Crippen molar-refractivity contribution in [3.8, 4) is 17.3 Å². The third-order valence-electron chi connectivity index (χ3n) is 7.29. The fourth-order valence-corrected chi connectivity index (χ4v) is 5.09. The zero-order valence-electron chi connectivity index (χ0n) is 25.7. The molecular formula is C32H38N8O4. The molecule has 2 atom stereocenters. The first-order valence-corrected chi connectivity index (χ1v) is 14.7. The minimum absolute atomic E-state index is 0.0790. The molecule has 1 aliphatic rings. The Balaban J connectivity index is 1.21. The first-order valence-electron chi connectivity index (χ1n) is 14.7. The van der Waals surface area contributed by atoms with Crippen molar-refractivity contribution < 1.29 is 19.1 Å². The number of likely N-dealkylation sites (tertiary alicyclic amines) is 1. The summed E-state index contributed by atoms with van der Waals surface area (Å²) in [7, 11) is 1.62. The highest BCUT2D eigenvalue weighted by molar-refractivity contribution is 6.06. The zero-order valence-corrected chi connectivity index (χ0v) is 25.7. The number of fused-ring (bicyclic) bond motifs is 1. The molecule has 0 bridgehead atoms. The van der Waals surface area contributed by atoms with Gasteiger partial charge >= 0.3 is 12.1 Å². The van der Waals surface area contributed by atoms with Crippen LogP contribution >= 0.6 is 0 Å². The molecule has 2 amide bonds. The lowest BCUT2D eigenvalue weighted by Crippen LogP contribution is -2.46. The van der Waals surface area contributed by atoms with Gasteiger partial charge in [-0.15, -0.1) is 0 Å². The molecule has 12 nitrogen and oxygen atoms in total. The second-order valence-electron chi connectivity index (χ2n) is 11.8. The average molecular weight is 599 g/mol. The number of hydrogen-bond acceptors (Lipinski definition) is 10. The van der Waals surface area contributed by atoms with Crippen LogP contribution in [0.15, 0.2) is 55.2 Å². The number of aromatic nitrogens is 5. The number of para-hydroxylation sites is 1. The van der Waals surface area contributed by atoms with Crippen LogP contribution in [0.4, 0.5) is 10.6 Å².